The summed E-state index contributed by atoms with van der Waals surface area (Å²) in [6.07, 6.45) is 1.73. The van der Waals surface area contributed by atoms with Gasteiger partial charge in [0.2, 0.25) is 5.89 Å². The van der Waals surface area contributed by atoms with Gasteiger partial charge in [-0.05, 0) is 25.7 Å². The average molecular weight is 355 g/mol. The number of nitrogens with zero attached hydrogens (tertiary/aromatic N) is 5. The Bertz CT molecular complexity index is 755. The van der Waals surface area contributed by atoms with E-state index in [1.54, 1.807) is 6.92 Å². The van der Waals surface area contributed by atoms with Crippen LogP contribution in [0, 0.1) is 12.8 Å². The van der Waals surface area contributed by atoms with E-state index in [1.165, 1.54) is 17.0 Å². The van der Waals surface area contributed by atoms with Crippen molar-refractivity contribution in [3.63, 3.8) is 0 Å². The largest absolute Gasteiger partial charge is 0.406 e. The second kappa shape index (κ2) is 5.82. The van der Waals surface area contributed by atoms with E-state index in [2.05, 4.69) is 20.0 Å². The summed E-state index contributed by atoms with van der Waals surface area (Å²) < 4.78 is 44.7. The number of aromatic nitrogens is 4. The number of alkyl halides is 3. The van der Waals surface area contributed by atoms with E-state index in [0.29, 0.717) is 30.0 Å². The summed E-state index contributed by atoms with van der Waals surface area (Å²) in [5.41, 5.74) is -0.164. The first-order chi connectivity index (χ1) is 11.9. The summed E-state index contributed by atoms with van der Waals surface area (Å²) >= 11 is 0. The molecule has 1 saturated heterocycles. The molecule has 0 aromatic carbocycles. The zero-order valence-corrected chi connectivity index (χ0v) is 14.0. The van der Waals surface area contributed by atoms with Gasteiger partial charge in [0, 0.05) is 25.5 Å². The van der Waals surface area contributed by atoms with Crippen molar-refractivity contribution in [2.75, 3.05) is 13.1 Å². The minimum absolute atomic E-state index is 0.164. The van der Waals surface area contributed by atoms with E-state index >= 15 is 0 Å². The summed E-state index contributed by atoms with van der Waals surface area (Å²) in [7, 11) is 0. The van der Waals surface area contributed by atoms with Crippen molar-refractivity contribution in [2.24, 2.45) is 5.92 Å². The number of halogens is 3. The monoisotopic (exact) mass is 355 g/mol. The Hall–Kier alpha value is -1.90. The molecule has 3 heterocycles. The molecule has 25 heavy (non-hydrogen) atoms. The highest BCUT2D eigenvalue weighted by Crippen LogP contribution is 2.50. The van der Waals surface area contributed by atoms with Crippen molar-refractivity contribution in [3.05, 3.63) is 29.9 Å². The Kier molecular flexibility index (Phi) is 3.86. The van der Waals surface area contributed by atoms with E-state index in [9.17, 15) is 13.2 Å². The number of rotatable bonds is 4. The van der Waals surface area contributed by atoms with E-state index in [1.807, 2.05) is 0 Å². The van der Waals surface area contributed by atoms with Crippen LogP contribution in [0.25, 0.3) is 0 Å². The van der Waals surface area contributed by atoms with Crippen LogP contribution in [0.5, 0.6) is 0 Å². The van der Waals surface area contributed by atoms with Crippen molar-refractivity contribution in [2.45, 2.75) is 50.9 Å². The lowest BCUT2D eigenvalue weighted by Crippen LogP contribution is -2.32. The van der Waals surface area contributed by atoms with Crippen LogP contribution >= 0.6 is 0 Å². The SMILES string of the molecule is Cc1noc([C@]23CCC[C@H]2CN(Cc2nccn2CC(F)(F)F)C3)n1. The maximum Gasteiger partial charge on any atom is 0.406 e. The zero-order chi connectivity index (χ0) is 17.7. The molecule has 1 aliphatic carbocycles. The third-order valence-corrected chi connectivity index (χ3v) is 5.41. The van der Waals surface area contributed by atoms with Crippen LogP contribution in [0.1, 0.15) is 36.8 Å². The minimum atomic E-state index is -4.25. The number of likely N-dealkylation sites (tertiary alicyclic amines) is 1. The lowest BCUT2D eigenvalue weighted by atomic mass is 9.80. The van der Waals surface area contributed by atoms with Crippen molar-refractivity contribution in [1.29, 1.82) is 0 Å². The predicted molar refractivity (Wildman–Crippen MR) is 81.6 cm³/mol. The molecule has 2 aromatic heterocycles. The Morgan fingerprint density at radius 2 is 2.24 bits per heavy atom. The zero-order valence-electron chi connectivity index (χ0n) is 14.0. The van der Waals surface area contributed by atoms with Crippen LogP contribution in [-0.4, -0.2) is 43.9 Å². The van der Waals surface area contributed by atoms with Gasteiger partial charge in [-0.3, -0.25) is 4.90 Å². The Morgan fingerprint density at radius 3 is 2.96 bits per heavy atom. The summed E-state index contributed by atoms with van der Waals surface area (Å²) in [6, 6.07) is 0. The van der Waals surface area contributed by atoms with Gasteiger partial charge in [0.1, 0.15) is 12.4 Å². The molecule has 136 valence electrons. The Morgan fingerprint density at radius 1 is 1.40 bits per heavy atom. The molecule has 2 fully saturated rings. The fraction of sp³-hybridized carbons (Fsp3) is 0.688. The lowest BCUT2D eigenvalue weighted by molar-refractivity contribution is -0.141. The normalized spacial score (nSPS) is 27.1. The Balaban J connectivity index is 1.52. The van der Waals surface area contributed by atoms with Gasteiger partial charge in [0.15, 0.2) is 5.82 Å². The molecule has 9 heteroatoms. The molecule has 0 N–H and O–H groups in total. The van der Waals surface area contributed by atoms with Crippen LogP contribution in [0.3, 0.4) is 0 Å². The smallest absolute Gasteiger partial charge is 0.339 e. The van der Waals surface area contributed by atoms with Gasteiger partial charge in [0.05, 0.1) is 12.0 Å². The van der Waals surface area contributed by atoms with Crippen LogP contribution in [0.15, 0.2) is 16.9 Å². The van der Waals surface area contributed by atoms with Gasteiger partial charge in [-0.15, -0.1) is 0 Å². The number of hydrogen-bond acceptors (Lipinski definition) is 5. The molecular formula is C16H20F3N5O. The number of fused-ring (bicyclic) bond motifs is 1. The molecule has 2 aromatic rings. The van der Waals surface area contributed by atoms with E-state index < -0.39 is 12.7 Å². The summed E-state index contributed by atoms with van der Waals surface area (Å²) in [6.45, 7) is 2.73. The van der Waals surface area contributed by atoms with Crippen LogP contribution in [-0.2, 0) is 18.5 Å². The van der Waals surface area contributed by atoms with Gasteiger partial charge in [-0.1, -0.05) is 11.6 Å². The van der Waals surface area contributed by atoms with Gasteiger partial charge in [0.25, 0.3) is 0 Å². The predicted octanol–water partition coefficient (Wildman–Crippen LogP) is 2.69. The average Bonchev–Trinajstić information content (AvgIpc) is 3.23. The molecule has 1 aliphatic heterocycles. The van der Waals surface area contributed by atoms with Gasteiger partial charge in [-0.25, -0.2) is 4.98 Å². The van der Waals surface area contributed by atoms with Crippen LogP contribution in [0.4, 0.5) is 13.2 Å². The van der Waals surface area contributed by atoms with Crippen molar-refractivity contribution in [3.8, 4) is 0 Å². The molecule has 6 nitrogen and oxygen atoms in total. The molecule has 0 amide bonds. The topological polar surface area (TPSA) is 60.0 Å². The van der Waals surface area contributed by atoms with E-state index in [0.717, 1.165) is 32.4 Å². The summed E-state index contributed by atoms with van der Waals surface area (Å²) in [5, 5.41) is 3.93. The fourth-order valence-electron chi connectivity index (χ4n) is 4.39. The molecule has 4 rings (SSSR count). The summed E-state index contributed by atoms with van der Waals surface area (Å²) in [5.74, 6) is 2.13. The van der Waals surface area contributed by atoms with Gasteiger partial charge in [-0.2, -0.15) is 18.2 Å². The third kappa shape index (κ3) is 3.05. The third-order valence-electron chi connectivity index (χ3n) is 5.41. The first-order valence-corrected chi connectivity index (χ1v) is 8.46. The number of aryl methyl sites for hydroxylation is 1. The van der Waals surface area contributed by atoms with Gasteiger partial charge >= 0.3 is 6.18 Å². The van der Waals surface area contributed by atoms with E-state index in [4.69, 9.17) is 4.52 Å². The number of hydrogen-bond donors (Lipinski definition) is 0. The van der Waals surface area contributed by atoms with Gasteiger partial charge < -0.3 is 9.09 Å². The maximum atomic E-state index is 12.7. The highest BCUT2D eigenvalue weighted by molar-refractivity contribution is 5.17. The number of imidazole rings is 1. The second-order valence-corrected chi connectivity index (χ2v) is 7.15. The minimum Gasteiger partial charge on any atom is -0.339 e. The molecule has 1 saturated carbocycles. The first-order valence-electron chi connectivity index (χ1n) is 8.46. The fourth-order valence-corrected chi connectivity index (χ4v) is 4.39. The van der Waals surface area contributed by atoms with E-state index in [-0.39, 0.29) is 5.41 Å². The molecule has 0 radical (unpaired) electrons. The van der Waals surface area contributed by atoms with Crippen LogP contribution < -0.4 is 0 Å². The van der Waals surface area contributed by atoms with Crippen molar-refractivity contribution < 1.29 is 17.7 Å². The maximum absolute atomic E-state index is 12.7. The molecule has 0 spiro atoms. The lowest BCUT2D eigenvalue weighted by Gasteiger charge is -2.24. The first kappa shape index (κ1) is 16.6. The van der Waals surface area contributed by atoms with Crippen molar-refractivity contribution >= 4 is 0 Å². The molecule has 0 unspecified atom stereocenters. The molecule has 2 atom stereocenters. The highest BCUT2D eigenvalue weighted by Gasteiger charge is 2.54. The quantitative estimate of drug-likeness (QED) is 0.844. The van der Waals surface area contributed by atoms with Crippen molar-refractivity contribution in [1.82, 2.24) is 24.6 Å². The molecular weight excluding hydrogens is 335 g/mol. The molecule has 0 bridgehead atoms. The van der Waals surface area contributed by atoms with Crippen LogP contribution in [0.2, 0.25) is 0 Å². The molecule has 2 aliphatic rings. The Labute approximate surface area is 143 Å². The summed E-state index contributed by atoms with van der Waals surface area (Å²) in [4.78, 5) is 10.7. The highest BCUT2D eigenvalue weighted by atomic mass is 19.4. The second-order valence-electron chi connectivity index (χ2n) is 7.15. The standard InChI is InChI=1S/C16H20F3N5O/c1-11-21-14(25-22-11)15-4-2-3-12(15)7-23(9-15)8-13-20-5-6-24(13)10-16(17,18)19/h5-6,12H,2-4,7-10H2,1H3/t12-,15-/m0/s1.